The van der Waals surface area contributed by atoms with Crippen molar-refractivity contribution in [2.75, 3.05) is 40.9 Å². The first-order valence-electron chi connectivity index (χ1n) is 34.0. The van der Waals surface area contributed by atoms with Crippen LogP contribution in [0, 0.1) is 0 Å². The summed E-state index contributed by atoms with van der Waals surface area (Å²) in [5.41, 5.74) is 0. The molecule has 0 spiro atoms. The number of hydrogen-bond donors (Lipinski definition) is 2. The maximum Gasteiger partial charge on any atom is 0.268 e. The van der Waals surface area contributed by atoms with Gasteiger partial charge >= 0.3 is 0 Å². The van der Waals surface area contributed by atoms with E-state index in [1.807, 2.05) is 27.2 Å². The number of phosphoric acid groups is 1. The first-order valence-corrected chi connectivity index (χ1v) is 35.5. The van der Waals surface area contributed by atoms with Gasteiger partial charge in [-0.25, -0.2) is 0 Å². The van der Waals surface area contributed by atoms with Crippen LogP contribution in [0.15, 0.2) is 134 Å². The SMILES string of the molecule is CC/C=C\C/C=C\C/C=C\C/C=C\C/C=C\C/C=C\C/C=C\C/C=C\CCCCCCC(=O)NC(COP(=O)([O-])OCC[N+](C)(C)C)C(O)/C=C/CC/C=C/CC/C=C/CCCCCCCCCCCCCCCCCCCCCCCC. The van der Waals surface area contributed by atoms with Crippen LogP contribution >= 0.6 is 7.82 Å². The molecule has 0 aromatic rings. The van der Waals surface area contributed by atoms with Crippen LogP contribution < -0.4 is 10.2 Å². The molecule has 0 radical (unpaired) electrons. The van der Waals surface area contributed by atoms with Gasteiger partial charge in [0.15, 0.2) is 0 Å². The standard InChI is InChI=1S/C74H129N2O6P/c1-6-8-10-12-14-16-18-20-22-24-26-28-30-32-34-36-37-38-40-41-43-45-47-49-51-53-55-57-59-61-63-65-67-73(77)72(71-82-83(79,80)81-70-69-76(3,4)5)75-74(78)68-66-64-62-60-58-56-54-52-50-48-46-44-42-39-35-33-31-29-27-25-23-21-19-17-15-13-11-9-7-2/h9,11,15,17,21,23,27,29,33,35,42,44,48-51,54,56-57,59,65,67,72-73,77H,6-8,10,12-14,16,18-20,22,24-26,28,30-32,34,36-41,43,45-47,52-53,55,58,60-64,66,68-71H2,1-5H3,(H-,75,78,79,80)/b11-9-,17-15-,23-21-,29-27-,35-33-,44-42-,50-48-,51-49+,56-54-,59-57+,67-65+. The van der Waals surface area contributed by atoms with Gasteiger partial charge < -0.3 is 28.8 Å². The highest BCUT2D eigenvalue weighted by molar-refractivity contribution is 7.45. The van der Waals surface area contributed by atoms with E-state index >= 15 is 0 Å². The largest absolute Gasteiger partial charge is 0.756 e. The molecule has 3 atom stereocenters. The lowest BCUT2D eigenvalue weighted by Crippen LogP contribution is -2.45. The zero-order chi connectivity index (χ0) is 60.5. The van der Waals surface area contributed by atoms with Gasteiger partial charge in [-0.1, -0.05) is 295 Å². The summed E-state index contributed by atoms with van der Waals surface area (Å²) >= 11 is 0. The summed E-state index contributed by atoms with van der Waals surface area (Å²) in [6.45, 7) is 4.49. The van der Waals surface area contributed by atoms with Gasteiger partial charge in [0.25, 0.3) is 7.82 Å². The Morgan fingerprint density at radius 3 is 1.12 bits per heavy atom. The number of nitrogens with one attached hydrogen (secondary N) is 1. The van der Waals surface area contributed by atoms with Crippen LogP contribution in [0.4, 0.5) is 0 Å². The molecule has 0 bridgehead atoms. The molecule has 0 fully saturated rings. The zero-order valence-electron chi connectivity index (χ0n) is 54.4. The quantitative estimate of drug-likeness (QED) is 0.0272. The van der Waals surface area contributed by atoms with Crippen LogP contribution in [0.3, 0.4) is 0 Å². The van der Waals surface area contributed by atoms with Gasteiger partial charge in [0.1, 0.15) is 13.2 Å². The van der Waals surface area contributed by atoms with E-state index in [9.17, 15) is 19.4 Å². The summed E-state index contributed by atoms with van der Waals surface area (Å²) < 4.78 is 23.4. The number of phosphoric ester groups is 1. The third-order valence-electron chi connectivity index (χ3n) is 14.6. The Morgan fingerprint density at radius 1 is 0.434 bits per heavy atom. The van der Waals surface area contributed by atoms with Crippen molar-refractivity contribution in [3.63, 3.8) is 0 Å². The minimum absolute atomic E-state index is 0.0220. The van der Waals surface area contributed by atoms with Crippen molar-refractivity contribution in [3.05, 3.63) is 134 Å². The number of amides is 1. The Bertz CT molecular complexity index is 1810. The number of aliphatic hydroxyl groups is 1. The van der Waals surface area contributed by atoms with Crippen LogP contribution in [0.1, 0.15) is 277 Å². The first kappa shape index (κ1) is 79.6. The molecule has 3 unspecified atom stereocenters. The van der Waals surface area contributed by atoms with Crippen LogP contribution in [0.2, 0.25) is 0 Å². The summed E-state index contributed by atoms with van der Waals surface area (Å²) in [6.07, 6.45) is 95.7. The van der Waals surface area contributed by atoms with Crippen molar-refractivity contribution < 1.29 is 32.9 Å². The average Bonchev–Trinajstić information content (AvgIpc) is 3.50. The maximum atomic E-state index is 13.0. The van der Waals surface area contributed by atoms with Crippen LogP contribution in [0.25, 0.3) is 0 Å². The number of quaternary nitrogens is 1. The lowest BCUT2D eigenvalue weighted by Gasteiger charge is -2.29. The Labute approximate surface area is 513 Å². The molecule has 476 valence electrons. The number of carbonyl (C=O) groups is 1. The molecule has 2 N–H and O–H groups in total. The highest BCUT2D eigenvalue weighted by Crippen LogP contribution is 2.38. The molecule has 9 heteroatoms. The van der Waals surface area contributed by atoms with E-state index in [0.29, 0.717) is 23.9 Å². The van der Waals surface area contributed by atoms with Crippen molar-refractivity contribution in [1.82, 2.24) is 5.32 Å². The number of allylic oxidation sites excluding steroid dienone is 21. The Hall–Kier alpha value is -3.36. The second-order valence-corrected chi connectivity index (χ2v) is 25.2. The number of unbranched alkanes of at least 4 members (excludes halogenated alkanes) is 28. The fourth-order valence-corrected chi connectivity index (χ4v) is 10.0. The number of likely N-dealkylation sites (N-methyl/N-ethyl adjacent to an activating group) is 1. The molecular weight excluding hydrogens is 1040 g/mol. The molecule has 0 saturated heterocycles. The topological polar surface area (TPSA) is 108 Å². The molecule has 0 heterocycles. The van der Waals surface area contributed by atoms with Crippen molar-refractivity contribution in [3.8, 4) is 0 Å². The molecule has 0 aliphatic heterocycles. The molecule has 0 aliphatic rings. The fraction of sp³-hybridized carbons (Fsp3) is 0.689. The van der Waals surface area contributed by atoms with Crippen molar-refractivity contribution >= 4 is 13.7 Å². The second-order valence-electron chi connectivity index (χ2n) is 23.8. The zero-order valence-corrected chi connectivity index (χ0v) is 55.2. The molecule has 0 rings (SSSR count). The molecule has 0 aliphatic carbocycles. The maximum absolute atomic E-state index is 13.0. The lowest BCUT2D eigenvalue weighted by molar-refractivity contribution is -0.870. The minimum Gasteiger partial charge on any atom is -0.756 e. The minimum atomic E-state index is -4.63. The smallest absolute Gasteiger partial charge is 0.268 e. The lowest BCUT2D eigenvalue weighted by atomic mass is 10.0. The number of hydrogen-bond acceptors (Lipinski definition) is 6. The predicted octanol–water partition coefficient (Wildman–Crippen LogP) is 21.2. The van der Waals surface area contributed by atoms with Gasteiger partial charge in [-0.05, 0) is 109 Å². The summed E-state index contributed by atoms with van der Waals surface area (Å²) in [7, 11) is 1.20. The van der Waals surface area contributed by atoms with Gasteiger partial charge in [0, 0.05) is 6.42 Å². The van der Waals surface area contributed by atoms with E-state index in [4.69, 9.17) is 9.05 Å². The highest BCUT2D eigenvalue weighted by Gasteiger charge is 2.23. The van der Waals surface area contributed by atoms with E-state index in [2.05, 4.69) is 141 Å². The van der Waals surface area contributed by atoms with Crippen molar-refractivity contribution in [1.29, 1.82) is 0 Å². The molecule has 0 saturated carbocycles. The summed E-state index contributed by atoms with van der Waals surface area (Å²) in [6, 6.07) is -0.936. The van der Waals surface area contributed by atoms with Gasteiger partial charge in [-0.3, -0.25) is 9.36 Å². The van der Waals surface area contributed by atoms with Gasteiger partial charge in [-0.2, -0.15) is 0 Å². The van der Waals surface area contributed by atoms with Crippen molar-refractivity contribution in [2.45, 2.75) is 289 Å². The number of carbonyl (C=O) groups excluding carboxylic acids is 1. The first-order chi connectivity index (χ1) is 40.5. The second kappa shape index (κ2) is 63.2. The number of nitrogens with zero attached hydrogens (tertiary/aromatic N) is 1. The van der Waals surface area contributed by atoms with Crippen LogP contribution in [0.5, 0.6) is 0 Å². The number of aliphatic hydroxyl groups excluding tert-OH is 1. The molecule has 8 nitrogen and oxygen atoms in total. The monoisotopic (exact) mass is 1170 g/mol. The Morgan fingerprint density at radius 2 is 0.747 bits per heavy atom. The Balaban J connectivity index is 4.26. The van der Waals surface area contributed by atoms with Crippen LogP contribution in [-0.4, -0.2) is 68.5 Å². The van der Waals surface area contributed by atoms with Gasteiger partial charge in [-0.15, -0.1) is 0 Å². The van der Waals surface area contributed by atoms with Crippen LogP contribution in [-0.2, 0) is 18.4 Å². The van der Waals surface area contributed by atoms with E-state index in [-0.39, 0.29) is 12.5 Å². The van der Waals surface area contributed by atoms with E-state index in [1.54, 1.807) is 6.08 Å². The molecule has 83 heavy (non-hydrogen) atoms. The summed E-state index contributed by atoms with van der Waals surface area (Å²) in [5, 5.41) is 13.9. The van der Waals surface area contributed by atoms with E-state index in [0.717, 1.165) is 103 Å². The predicted molar refractivity (Wildman–Crippen MR) is 362 cm³/mol. The van der Waals surface area contributed by atoms with Gasteiger partial charge in [0.05, 0.1) is 39.9 Å². The van der Waals surface area contributed by atoms with E-state index in [1.165, 1.54) is 148 Å². The summed E-state index contributed by atoms with van der Waals surface area (Å²) in [5.74, 6) is -0.239. The number of rotatable bonds is 61. The molecule has 0 aromatic carbocycles. The van der Waals surface area contributed by atoms with E-state index < -0.39 is 26.6 Å². The van der Waals surface area contributed by atoms with Crippen molar-refractivity contribution in [2.24, 2.45) is 0 Å². The normalized spacial score (nSPS) is 14.5. The molecule has 1 amide bonds. The third-order valence-corrected chi connectivity index (χ3v) is 15.5. The average molecular weight is 1170 g/mol. The molecular formula is C74H129N2O6P. The van der Waals surface area contributed by atoms with Gasteiger partial charge in [0.2, 0.25) is 5.91 Å². The third kappa shape index (κ3) is 66.0. The fourth-order valence-electron chi connectivity index (χ4n) is 9.32. The Kier molecular flexibility index (Phi) is 60.6. The molecule has 0 aromatic heterocycles. The summed E-state index contributed by atoms with van der Waals surface area (Å²) in [4.78, 5) is 25.6. The highest BCUT2D eigenvalue weighted by atomic mass is 31.2.